The van der Waals surface area contributed by atoms with Gasteiger partial charge >= 0.3 is 0 Å². The highest BCUT2D eigenvalue weighted by Gasteiger charge is 1.96. The van der Waals surface area contributed by atoms with Gasteiger partial charge in [0.15, 0.2) is 0 Å². The average Bonchev–Trinajstić information content (AvgIpc) is 2.18. The first kappa shape index (κ1) is 7.25. The number of hydrogen-bond donors (Lipinski definition) is 0. The first-order chi connectivity index (χ1) is 4.34. The molecule has 0 spiro atoms. The normalized spacial score (nSPS) is 11.8. The molecule has 50 valence electrons. The highest BCUT2D eigenvalue weighted by atomic mass is 31.8. The summed E-state index contributed by atoms with van der Waals surface area (Å²) in [4.78, 5) is 0. The highest BCUT2D eigenvalue weighted by Crippen LogP contribution is 2.27. The number of nitrogens with zero attached hydrogens (tertiary/aromatic N) is 1. The molecule has 0 bridgehead atoms. The molecule has 0 aliphatic rings. The van der Waals surface area contributed by atoms with Crippen molar-refractivity contribution in [2.75, 3.05) is 0 Å². The van der Waals surface area contributed by atoms with E-state index in [1.54, 1.807) is 5.30 Å². The van der Waals surface area contributed by atoms with E-state index in [1.165, 1.54) is 26.4 Å². The third kappa shape index (κ3) is 1.78. The van der Waals surface area contributed by atoms with Crippen LogP contribution in [0.15, 0.2) is 0 Å². The summed E-state index contributed by atoms with van der Waals surface area (Å²) in [5.41, 5.74) is 1.30. The van der Waals surface area contributed by atoms with Crippen LogP contribution in [0.25, 0.3) is 0 Å². The minimum atomic E-state index is 0.802. The number of aryl methyl sites for hydroxylation is 2. The Hall–Kier alpha value is 0.140. The van der Waals surface area contributed by atoms with Gasteiger partial charge in [0.25, 0.3) is 0 Å². The molecule has 0 radical (unpaired) electrons. The lowest BCUT2D eigenvalue weighted by atomic mass is 10.2. The second kappa shape index (κ2) is 3.34. The van der Waals surface area contributed by atoms with E-state index in [9.17, 15) is 0 Å². The molecule has 1 nitrogen and oxygen atoms in total. The summed E-state index contributed by atoms with van der Waals surface area (Å²) < 4.78 is 4.33. The maximum Gasteiger partial charge on any atom is 0.0495 e. The fourth-order valence-electron chi connectivity index (χ4n) is 0.779. The van der Waals surface area contributed by atoms with Gasteiger partial charge in [0.1, 0.15) is 0 Å². The van der Waals surface area contributed by atoms with Crippen LogP contribution in [0.5, 0.6) is 0 Å². The maximum atomic E-state index is 4.33. The topological polar surface area (TPSA) is 12.9 Å². The molecule has 0 fully saturated rings. The van der Waals surface area contributed by atoms with Crippen LogP contribution in [0.1, 0.15) is 24.3 Å². The van der Waals surface area contributed by atoms with Crippen molar-refractivity contribution in [3.05, 3.63) is 11.0 Å². The molecule has 0 saturated carbocycles. The molecule has 0 N–H and O–H groups in total. The Morgan fingerprint density at radius 2 is 2.44 bits per heavy atom. The van der Waals surface area contributed by atoms with Crippen molar-refractivity contribution in [3.8, 4) is 0 Å². The van der Waals surface area contributed by atoms with Gasteiger partial charge in [-0.25, -0.2) is 4.75 Å². The molecule has 0 aliphatic carbocycles. The molecule has 1 heterocycles. The highest BCUT2D eigenvalue weighted by molar-refractivity contribution is 7.89. The van der Waals surface area contributed by atoms with Crippen LogP contribution in [0.4, 0.5) is 0 Å². The quantitative estimate of drug-likeness (QED) is 0.646. The van der Waals surface area contributed by atoms with Crippen LogP contribution in [0.2, 0.25) is 0 Å². The van der Waals surface area contributed by atoms with Gasteiger partial charge < -0.3 is 0 Å². The largest absolute Gasteiger partial charge is 0.241 e. The smallest absolute Gasteiger partial charge is 0.0495 e. The van der Waals surface area contributed by atoms with E-state index in [0.29, 0.717) is 0 Å². The van der Waals surface area contributed by atoms with E-state index in [0.717, 1.165) is 8.03 Å². The van der Waals surface area contributed by atoms with E-state index in [2.05, 4.69) is 18.6 Å². The lowest BCUT2D eigenvalue weighted by Crippen LogP contribution is -1.79. The molecule has 3 heteroatoms. The average molecular weight is 159 g/mol. The van der Waals surface area contributed by atoms with Gasteiger partial charge in [-0.1, -0.05) is 13.3 Å². The Balaban J connectivity index is 2.69. The number of aromatic nitrogens is 1. The van der Waals surface area contributed by atoms with E-state index < -0.39 is 0 Å². The SMILES string of the molecule is CCCc1p[pH]nc1C. The van der Waals surface area contributed by atoms with Gasteiger partial charge in [-0.05, 0) is 29.2 Å². The van der Waals surface area contributed by atoms with Crippen molar-refractivity contribution >= 4 is 15.9 Å². The zero-order valence-electron chi connectivity index (χ0n) is 5.81. The monoisotopic (exact) mass is 159 g/mol. The third-order valence-corrected chi connectivity index (χ3v) is 4.07. The van der Waals surface area contributed by atoms with E-state index in [4.69, 9.17) is 0 Å². The fourth-order valence-corrected chi connectivity index (χ4v) is 3.66. The van der Waals surface area contributed by atoms with Crippen molar-refractivity contribution in [1.29, 1.82) is 0 Å². The third-order valence-electron chi connectivity index (χ3n) is 1.31. The molecule has 1 atom stereocenters. The molecule has 1 aromatic heterocycles. The Bertz CT molecular complexity index is 183. The van der Waals surface area contributed by atoms with Crippen molar-refractivity contribution in [1.82, 2.24) is 4.75 Å². The van der Waals surface area contributed by atoms with Gasteiger partial charge in [0.05, 0.1) is 0 Å². The zero-order valence-corrected chi connectivity index (χ0v) is 7.70. The van der Waals surface area contributed by atoms with Crippen LogP contribution in [0.3, 0.4) is 0 Å². The molecule has 1 rings (SSSR count). The van der Waals surface area contributed by atoms with Gasteiger partial charge in [0.2, 0.25) is 0 Å². The van der Waals surface area contributed by atoms with Gasteiger partial charge in [-0.3, -0.25) is 0 Å². The van der Waals surface area contributed by atoms with Crippen LogP contribution in [0, 0.1) is 6.92 Å². The molecule has 0 aromatic carbocycles. The first-order valence-corrected chi connectivity index (χ1v) is 5.89. The van der Waals surface area contributed by atoms with Gasteiger partial charge in [-0.2, -0.15) is 0 Å². The van der Waals surface area contributed by atoms with Crippen LogP contribution >= 0.6 is 15.9 Å². The van der Waals surface area contributed by atoms with E-state index >= 15 is 0 Å². The minimum Gasteiger partial charge on any atom is -0.241 e. The van der Waals surface area contributed by atoms with Crippen molar-refractivity contribution in [2.45, 2.75) is 26.7 Å². The van der Waals surface area contributed by atoms with Crippen molar-refractivity contribution in [3.63, 3.8) is 0 Å². The lowest BCUT2D eigenvalue weighted by molar-refractivity contribution is 0.927. The predicted octanol–water partition coefficient (Wildman–Crippen LogP) is 2.95. The van der Waals surface area contributed by atoms with Crippen LogP contribution in [-0.2, 0) is 6.42 Å². The molecule has 1 unspecified atom stereocenters. The minimum absolute atomic E-state index is 0.802. The van der Waals surface area contributed by atoms with Crippen LogP contribution < -0.4 is 0 Å². The second-order valence-corrected chi connectivity index (χ2v) is 4.56. The lowest BCUT2D eigenvalue weighted by Gasteiger charge is -1.90. The van der Waals surface area contributed by atoms with Crippen LogP contribution in [-0.4, -0.2) is 4.75 Å². The molecule has 0 saturated heterocycles. The Labute approximate surface area is 59.0 Å². The van der Waals surface area contributed by atoms with E-state index in [-0.39, 0.29) is 0 Å². The molecule has 0 aliphatic heterocycles. The number of rotatable bonds is 2. The summed E-state index contributed by atoms with van der Waals surface area (Å²) in [6, 6.07) is 0. The molecular weight excluding hydrogens is 148 g/mol. The van der Waals surface area contributed by atoms with Crippen molar-refractivity contribution in [2.24, 2.45) is 0 Å². The Morgan fingerprint density at radius 3 is 2.89 bits per heavy atom. The summed E-state index contributed by atoms with van der Waals surface area (Å²) >= 11 is 0. The summed E-state index contributed by atoms with van der Waals surface area (Å²) in [6.45, 7) is 4.34. The van der Waals surface area contributed by atoms with Crippen molar-refractivity contribution < 1.29 is 0 Å². The standard InChI is InChI=1S/C6H11NP2/c1-3-4-6-5(2)7-9-8-6/h9H,3-4H2,1-2H3. The number of hydrogen-bond acceptors (Lipinski definition) is 1. The maximum absolute atomic E-state index is 4.33. The predicted molar refractivity (Wildman–Crippen MR) is 45.0 cm³/mol. The second-order valence-electron chi connectivity index (χ2n) is 2.11. The zero-order chi connectivity index (χ0) is 6.69. The summed E-state index contributed by atoms with van der Waals surface area (Å²) in [5, 5.41) is 1.57. The first-order valence-electron chi connectivity index (χ1n) is 3.21. The summed E-state index contributed by atoms with van der Waals surface area (Å²) in [7, 11) is 2.27. The molecule has 1 aromatic rings. The van der Waals surface area contributed by atoms with E-state index in [1.807, 2.05) is 0 Å². The molecule has 9 heavy (non-hydrogen) atoms. The molecule has 0 amide bonds. The summed E-state index contributed by atoms with van der Waals surface area (Å²) in [6.07, 6.45) is 2.52. The van der Waals surface area contributed by atoms with Gasteiger partial charge in [0, 0.05) is 11.0 Å². The van der Waals surface area contributed by atoms with Gasteiger partial charge in [-0.15, -0.1) is 0 Å². The molecular formula is C6H11NP2. The fraction of sp³-hybridized carbons (Fsp3) is 0.667. The Morgan fingerprint density at radius 1 is 1.67 bits per heavy atom. The summed E-state index contributed by atoms with van der Waals surface area (Å²) in [5.74, 6) is 0. The Kier molecular flexibility index (Phi) is 2.69.